The van der Waals surface area contributed by atoms with Gasteiger partial charge in [-0.15, -0.1) is 0 Å². The van der Waals surface area contributed by atoms with Crippen molar-refractivity contribution in [3.63, 3.8) is 0 Å². The van der Waals surface area contributed by atoms with Crippen molar-refractivity contribution in [3.05, 3.63) is 42.2 Å². The van der Waals surface area contributed by atoms with Gasteiger partial charge in [-0.25, -0.2) is 14.8 Å². The fraction of sp³-hybridized carbons (Fsp3) is 0.542. The molecule has 1 heterocycles. The predicted octanol–water partition coefficient (Wildman–Crippen LogP) is 5.77. The molecule has 29 heavy (non-hydrogen) atoms. The second-order valence-electron chi connectivity index (χ2n) is 7.32. The molecule has 0 saturated heterocycles. The molecule has 0 spiro atoms. The van der Waals surface area contributed by atoms with E-state index in [9.17, 15) is 4.79 Å². The van der Waals surface area contributed by atoms with Gasteiger partial charge in [-0.05, 0) is 49.1 Å². The number of hydrogen-bond acceptors (Lipinski definition) is 5. The Bertz CT molecular complexity index is 699. The van der Waals surface area contributed by atoms with Crippen LogP contribution in [0.15, 0.2) is 36.7 Å². The summed E-state index contributed by atoms with van der Waals surface area (Å²) in [6.45, 7) is 4.55. The van der Waals surface area contributed by atoms with Crippen molar-refractivity contribution >= 4 is 5.97 Å². The fourth-order valence-electron chi connectivity index (χ4n) is 3.02. The molecule has 0 amide bonds. The summed E-state index contributed by atoms with van der Waals surface area (Å²) in [5, 5.41) is 0. The average molecular weight is 399 g/mol. The highest BCUT2D eigenvalue weighted by atomic mass is 16.6. The van der Waals surface area contributed by atoms with Crippen LogP contribution in [0.1, 0.15) is 70.8 Å². The van der Waals surface area contributed by atoms with Crippen LogP contribution < -0.4 is 4.74 Å². The molecule has 0 unspecified atom stereocenters. The zero-order chi connectivity index (χ0) is 20.7. The van der Waals surface area contributed by atoms with Crippen molar-refractivity contribution in [2.24, 2.45) is 0 Å². The lowest BCUT2D eigenvalue weighted by Crippen LogP contribution is -2.15. The number of nitrogens with zero attached hydrogens (tertiary/aromatic N) is 2. The first-order valence-electron chi connectivity index (χ1n) is 10.9. The maximum absolute atomic E-state index is 11.5. The second kappa shape index (κ2) is 13.7. The van der Waals surface area contributed by atoms with E-state index in [0.29, 0.717) is 18.2 Å². The summed E-state index contributed by atoms with van der Waals surface area (Å²) in [5.41, 5.74) is 2.11. The number of carbonyl (C=O) groups is 1. The molecule has 0 fully saturated rings. The van der Waals surface area contributed by atoms with Gasteiger partial charge in [0.15, 0.2) is 12.4 Å². The third-order valence-electron chi connectivity index (χ3n) is 4.71. The van der Waals surface area contributed by atoms with Crippen LogP contribution in [0.2, 0.25) is 0 Å². The number of carbonyl (C=O) groups excluding carboxylic acids is 1. The number of aromatic nitrogens is 2. The van der Waals surface area contributed by atoms with Gasteiger partial charge < -0.3 is 9.47 Å². The molecule has 0 N–H and O–H groups in total. The van der Waals surface area contributed by atoms with Crippen LogP contribution in [-0.4, -0.2) is 29.2 Å². The normalized spacial score (nSPS) is 10.7. The summed E-state index contributed by atoms with van der Waals surface area (Å²) in [4.78, 5) is 20.5. The molecular weight excluding hydrogens is 364 g/mol. The molecule has 0 bridgehead atoms. The van der Waals surface area contributed by atoms with E-state index >= 15 is 0 Å². The average Bonchev–Trinajstić information content (AvgIpc) is 2.76. The first-order valence-corrected chi connectivity index (χ1v) is 10.9. The minimum atomic E-state index is -0.351. The largest absolute Gasteiger partial charge is 0.482 e. The smallest absolute Gasteiger partial charge is 0.344 e. The van der Waals surface area contributed by atoms with E-state index in [4.69, 9.17) is 9.47 Å². The molecule has 1 aromatic carbocycles. The van der Waals surface area contributed by atoms with Crippen molar-refractivity contribution in [1.82, 2.24) is 9.97 Å². The summed E-state index contributed by atoms with van der Waals surface area (Å²) in [6, 6.07) is 7.44. The number of rotatable bonds is 14. The molecule has 158 valence electrons. The van der Waals surface area contributed by atoms with Crippen LogP contribution >= 0.6 is 0 Å². The molecule has 0 aliphatic heterocycles. The molecule has 5 nitrogen and oxygen atoms in total. The molecule has 2 rings (SSSR count). The van der Waals surface area contributed by atoms with Crippen LogP contribution in [-0.2, 0) is 16.0 Å². The van der Waals surface area contributed by atoms with E-state index in [1.165, 1.54) is 50.5 Å². The molecule has 0 atom stereocenters. The van der Waals surface area contributed by atoms with E-state index in [0.717, 1.165) is 18.4 Å². The summed E-state index contributed by atoms with van der Waals surface area (Å²) < 4.78 is 10.4. The summed E-state index contributed by atoms with van der Waals surface area (Å²) >= 11 is 0. The maximum Gasteiger partial charge on any atom is 0.344 e. The highest BCUT2D eigenvalue weighted by Gasteiger charge is 2.06. The highest BCUT2D eigenvalue weighted by Crippen LogP contribution is 2.19. The van der Waals surface area contributed by atoms with Crippen LogP contribution in [0.3, 0.4) is 0 Å². The molecule has 1 aromatic heterocycles. The lowest BCUT2D eigenvalue weighted by atomic mass is 10.1. The minimum absolute atomic E-state index is 0.0802. The zero-order valence-corrected chi connectivity index (χ0v) is 17.9. The quantitative estimate of drug-likeness (QED) is 0.299. The topological polar surface area (TPSA) is 61.3 Å². The van der Waals surface area contributed by atoms with Crippen molar-refractivity contribution in [3.8, 4) is 17.1 Å². The first-order chi connectivity index (χ1) is 14.2. The molecule has 0 aliphatic carbocycles. The van der Waals surface area contributed by atoms with Gasteiger partial charge in [-0.3, -0.25) is 0 Å². The minimum Gasteiger partial charge on any atom is -0.482 e. The molecule has 2 aromatic rings. The third kappa shape index (κ3) is 9.07. The van der Waals surface area contributed by atoms with Gasteiger partial charge in [0, 0.05) is 18.0 Å². The third-order valence-corrected chi connectivity index (χ3v) is 4.71. The zero-order valence-electron chi connectivity index (χ0n) is 17.9. The van der Waals surface area contributed by atoms with Crippen LogP contribution in [0.25, 0.3) is 11.4 Å². The van der Waals surface area contributed by atoms with E-state index < -0.39 is 0 Å². The van der Waals surface area contributed by atoms with E-state index in [1.54, 1.807) is 0 Å². The monoisotopic (exact) mass is 398 g/mol. The van der Waals surface area contributed by atoms with Crippen molar-refractivity contribution in [2.45, 2.75) is 71.6 Å². The van der Waals surface area contributed by atoms with Gasteiger partial charge in [0.05, 0.1) is 6.61 Å². The van der Waals surface area contributed by atoms with Gasteiger partial charge in [0.1, 0.15) is 5.75 Å². The van der Waals surface area contributed by atoms with Gasteiger partial charge in [-0.1, -0.05) is 52.4 Å². The lowest BCUT2D eigenvalue weighted by molar-refractivity contribution is -0.146. The molecule has 0 aliphatic rings. The van der Waals surface area contributed by atoms with Gasteiger partial charge in [0.25, 0.3) is 0 Å². The van der Waals surface area contributed by atoms with Crippen molar-refractivity contribution in [2.75, 3.05) is 13.2 Å². The number of benzene rings is 1. The summed E-state index contributed by atoms with van der Waals surface area (Å²) in [6.07, 6.45) is 14.9. The van der Waals surface area contributed by atoms with Crippen LogP contribution in [0.5, 0.6) is 5.75 Å². The van der Waals surface area contributed by atoms with Crippen molar-refractivity contribution < 1.29 is 14.3 Å². The number of ether oxygens (including phenoxy) is 2. The Kier molecular flexibility index (Phi) is 10.8. The Morgan fingerprint density at radius 2 is 1.52 bits per heavy atom. The Morgan fingerprint density at radius 1 is 0.862 bits per heavy atom. The molecule has 5 heteroatoms. The Morgan fingerprint density at radius 3 is 2.17 bits per heavy atom. The Balaban J connectivity index is 1.74. The SMILES string of the molecule is CCCCCCCCCc1cnc(-c2ccc(OCC(=O)OCCC)cc2)nc1. The fourth-order valence-corrected chi connectivity index (χ4v) is 3.02. The van der Waals surface area contributed by atoms with E-state index in [-0.39, 0.29) is 12.6 Å². The number of esters is 1. The number of aryl methyl sites for hydroxylation is 1. The number of unbranched alkanes of at least 4 members (excludes halogenated alkanes) is 6. The Hall–Kier alpha value is -2.43. The van der Waals surface area contributed by atoms with E-state index in [2.05, 4.69) is 16.9 Å². The molecule has 0 saturated carbocycles. The standard InChI is InChI=1S/C24H34N2O3/c1-3-5-6-7-8-9-10-11-20-17-25-24(26-18-20)21-12-14-22(15-13-21)29-19-23(27)28-16-4-2/h12-15,17-18H,3-11,16,19H2,1-2H3. The van der Waals surface area contributed by atoms with Crippen molar-refractivity contribution in [1.29, 1.82) is 0 Å². The summed E-state index contributed by atoms with van der Waals surface area (Å²) in [7, 11) is 0. The van der Waals surface area contributed by atoms with Gasteiger partial charge in [-0.2, -0.15) is 0 Å². The van der Waals surface area contributed by atoms with Gasteiger partial charge >= 0.3 is 5.97 Å². The second-order valence-corrected chi connectivity index (χ2v) is 7.32. The highest BCUT2D eigenvalue weighted by molar-refractivity contribution is 5.71. The van der Waals surface area contributed by atoms with E-state index in [1.807, 2.05) is 43.6 Å². The lowest BCUT2D eigenvalue weighted by Gasteiger charge is -2.07. The first kappa shape index (κ1) is 22.9. The summed E-state index contributed by atoms with van der Waals surface area (Å²) in [5.74, 6) is 0.968. The number of hydrogen-bond donors (Lipinski definition) is 0. The molecular formula is C24H34N2O3. The predicted molar refractivity (Wildman–Crippen MR) is 116 cm³/mol. The molecule has 0 radical (unpaired) electrons. The van der Waals surface area contributed by atoms with Gasteiger partial charge in [0.2, 0.25) is 0 Å². The Labute approximate surface area is 174 Å². The maximum atomic E-state index is 11.5. The van der Waals surface area contributed by atoms with Crippen LogP contribution in [0.4, 0.5) is 0 Å². The van der Waals surface area contributed by atoms with Crippen LogP contribution in [0, 0.1) is 0 Å².